The van der Waals surface area contributed by atoms with Crippen molar-refractivity contribution in [1.82, 2.24) is 0 Å². The third kappa shape index (κ3) is 2.90. The van der Waals surface area contributed by atoms with Gasteiger partial charge in [0.05, 0.1) is 0 Å². The van der Waals surface area contributed by atoms with Gasteiger partial charge in [-0.1, -0.05) is 6.07 Å². The maximum Gasteiger partial charge on any atom is 0.135 e. The van der Waals surface area contributed by atoms with Gasteiger partial charge in [-0.15, -0.1) is 0 Å². The highest BCUT2D eigenvalue weighted by Crippen LogP contribution is 2.31. The van der Waals surface area contributed by atoms with Gasteiger partial charge in [-0.2, -0.15) is 0 Å². The van der Waals surface area contributed by atoms with Crippen molar-refractivity contribution >= 4 is 0 Å². The van der Waals surface area contributed by atoms with Gasteiger partial charge >= 0.3 is 0 Å². The summed E-state index contributed by atoms with van der Waals surface area (Å²) in [5.74, 6) is 0.0813. The van der Waals surface area contributed by atoms with Crippen molar-refractivity contribution in [2.75, 3.05) is 0 Å². The second-order valence-electron chi connectivity index (χ2n) is 4.45. The van der Waals surface area contributed by atoms with E-state index in [0.717, 1.165) is 0 Å². The highest BCUT2D eigenvalue weighted by atomic mass is 19.1. The minimum atomic E-state index is -0.488. The lowest BCUT2D eigenvalue weighted by Crippen LogP contribution is -2.09. The summed E-state index contributed by atoms with van der Waals surface area (Å²) in [5.41, 5.74) is 6.52. The first-order chi connectivity index (χ1) is 8.99. The standard InChI is InChI=1S/C15H15F2NO/c1-9-8-11(6-7-12(9)16)19-14-5-3-4-13(17)15(14)10(2)18/h3-8,10H,18H2,1-2H3/t10-/m0/s1. The number of halogens is 2. The third-order valence-corrected chi connectivity index (χ3v) is 2.83. The molecule has 2 aromatic carbocycles. The van der Waals surface area contributed by atoms with Gasteiger partial charge in [0.25, 0.3) is 0 Å². The predicted octanol–water partition coefficient (Wildman–Crippen LogP) is 4.09. The average Bonchev–Trinajstić information content (AvgIpc) is 2.33. The molecule has 0 fully saturated rings. The zero-order valence-electron chi connectivity index (χ0n) is 10.8. The van der Waals surface area contributed by atoms with Crippen LogP contribution in [0.3, 0.4) is 0 Å². The van der Waals surface area contributed by atoms with Gasteiger partial charge in [-0.3, -0.25) is 0 Å². The second-order valence-corrected chi connectivity index (χ2v) is 4.45. The maximum atomic E-state index is 13.7. The van der Waals surface area contributed by atoms with Crippen LogP contribution in [0.2, 0.25) is 0 Å². The number of nitrogens with two attached hydrogens (primary N) is 1. The fourth-order valence-corrected chi connectivity index (χ4v) is 1.86. The Hall–Kier alpha value is -1.94. The summed E-state index contributed by atoms with van der Waals surface area (Å²) in [6, 6.07) is 8.41. The molecule has 0 aromatic heterocycles. The fraction of sp³-hybridized carbons (Fsp3) is 0.200. The Morgan fingerprint density at radius 3 is 2.47 bits per heavy atom. The SMILES string of the molecule is Cc1cc(Oc2cccc(F)c2[C@H](C)N)ccc1F. The van der Waals surface area contributed by atoms with Gasteiger partial charge in [-0.05, 0) is 49.7 Å². The Labute approximate surface area is 110 Å². The van der Waals surface area contributed by atoms with Gasteiger partial charge in [0.2, 0.25) is 0 Å². The molecule has 0 heterocycles. The molecule has 0 unspecified atom stereocenters. The molecule has 0 aliphatic heterocycles. The Bertz CT molecular complexity index is 597. The largest absolute Gasteiger partial charge is 0.457 e. The van der Waals surface area contributed by atoms with Crippen molar-refractivity contribution in [3.05, 3.63) is 59.2 Å². The smallest absolute Gasteiger partial charge is 0.135 e. The zero-order valence-corrected chi connectivity index (χ0v) is 10.8. The van der Waals surface area contributed by atoms with E-state index in [0.29, 0.717) is 22.6 Å². The Morgan fingerprint density at radius 1 is 1.11 bits per heavy atom. The maximum absolute atomic E-state index is 13.7. The molecule has 0 radical (unpaired) electrons. The molecule has 0 amide bonds. The number of aryl methyl sites for hydroxylation is 1. The van der Waals surface area contributed by atoms with Crippen LogP contribution in [-0.2, 0) is 0 Å². The van der Waals surface area contributed by atoms with Crippen LogP contribution in [0.25, 0.3) is 0 Å². The molecule has 2 nitrogen and oxygen atoms in total. The van der Waals surface area contributed by atoms with E-state index < -0.39 is 11.9 Å². The Morgan fingerprint density at radius 2 is 1.84 bits per heavy atom. The quantitative estimate of drug-likeness (QED) is 0.905. The van der Waals surface area contributed by atoms with Crippen LogP contribution in [-0.4, -0.2) is 0 Å². The normalized spacial score (nSPS) is 12.3. The number of ether oxygens (including phenoxy) is 1. The topological polar surface area (TPSA) is 35.2 Å². The summed E-state index contributed by atoms with van der Waals surface area (Å²) in [7, 11) is 0. The molecular weight excluding hydrogens is 248 g/mol. The van der Waals surface area contributed by atoms with Gasteiger partial charge in [0.1, 0.15) is 23.1 Å². The van der Waals surface area contributed by atoms with E-state index in [4.69, 9.17) is 10.5 Å². The lowest BCUT2D eigenvalue weighted by Gasteiger charge is -2.14. The number of benzene rings is 2. The fourth-order valence-electron chi connectivity index (χ4n) is 1.86. The van der Waals surface area contributed by atoms with Crippen molar-refractivity contribution in [3.63, 3.8) is 0 Å². The van der Waals surface area contributed by atoms with Crippen LogP contribution in [0, 0.1) is 18.6 Å². The highest BCUT2D eigenvalue weighted by Gasteiger charge is 2.14. The summed E-state index contributed by atoms with van der Waals surface area (Å²) in [5, 5.41) is 0. The molecule has 2 N–H and O–H groups in total. The van der Waals surface area contributed by atoms with Crippen molar-refractivity contribution in [1.29, 1.82) is 0 Å². The van der Waals surface area contributed by atoms with Gasteiger partial charge in [0, 0.05) is 11.6 Å². The molecule has 0 saturated heterocycles. The molecule has 19 heavy (non-hydrogen) atoms. The average molecular weight is 263 g/mol. The minimum absolute atomic E-state index is 0.306. The number of hydrogen-bond donors (Lipinski definition) is 1. The van der Waals surface area contributed by atoms with Crippen molar-refractivity contribution in [3.8, 4) is 11.5 Å². The molecule has 0 aliphatic rings. The molecule has 1 atom stereocenters. The van der Waals surface area contributed by atoms with Gasteiger partial charge in [-0.25, -0.2) is 8.78 Å². The van der Waals surface area contributed by atoms with Crippen LogP contribution in [0.4, 0.5) is 8.78 Å². The number of rotatable bonds is 3. The van der Waals surface area contributed by atoms with Crippen LogP contribution in [0.15, 0.2) is 36.4 Å². The molecule has 0 spiro atoms. The zero-order chi connectivity index (χ0) is 14.0. The van der Waals surface area contributed by atoms with Gasteiger partial charge in [0.15, 0.2) is 0 Å². The van der Waals surface area contributed by atoms with Crippen molar-refractivity contribution in [2.45, 2.75) is 19.9 Å². The molecule has 0 bridgehead atoms. The van der Waals surface area contributed by atoms with Crippen LogP contribution >= 0.6 is 0 Å². The lowest BCUT2D eigenvalue weighted by molar-refractivity contribution is 0.458. The lowest BCUT2D eigenvalue weighted by atomic mass is 10.1. The Balaban J connectivity index is 2.38. The van der Waals surface area contributed by atoms with Crippen LogP contribution < -0.4 is 10.5 Å². The van der Waals surface area contributed by atoms with E-state index in [1.54, 1.807) is 32.0 Å². The Kier molecular flexibility index (Phi) is 3.81. The molecular formula is C15H15F2NO. The molecule has 2 aromatic rings. The first-order valence-corrected chi connectivity index (χ1v) is 5.97. The van der Waals surface area contributed by atoms with E-state index in [2.05, 4.69) is 0 Å². The van der Waals surface area contributed by atoms with E-state index >= 15 is 0 Å². The molecule has 0 aliphatic carbocycles. The van der Waals surface area contributed by atoms with Crippen molar-refractivity contribution < 1.29 is 13.5 Å². The molecule has 2 rings (SSSR count). The second kappa shape index (κ2) is 5.36. The monoisotopic (exact) mass is 263 g/mol. The van der Waals surface area contributed by atoms with Gasteiger partial charge < -0.3 is 10.5 Å². The third-order valence-electron chi connectivity index (χ3n) is 2.83. The van der Waals surface area contributed by atoms with E-state index in [9.17, 15) is 8.78 Å². The molecule has 4 heteroatoms. The van der Waals surface area contributed by atoms with Crippen molar-refractivity contribution in [2.24, 2.45) is 5.73 Å². The summed E-state index contributed by atoms with van der Waals surface area (Å²) in [6.07, 6.45) is 0. The van der Waals surface area contributed by atoms with E-state index in [-0.39, 0.29) is 5.82 Å². The summed E-state index contributed by atoms with van der Waals surface area (Å²) in [6.45, 7) is 3.32. The molecule has 0 saturated carbocycles. The summed E-state index contributed by atoms with van der Waals surface area (Å²) in [4.78, 5) is 0. The molecule has 100 valence electrons. The van der Waals surface area contributed by atoms with E-state index in [1.165, 1.54) is 18.2 Å². The van der Waals surface area contributed by atoms with Crippen LogP contribution in [0.5, 0.6) is 11.5 Å². The highest BCUT2D eigenvalue weighted by molar-refractivity contribution is 5.41. The first-order valence-electron chi connectivity index (χ1n) is 5.97. The minimum Gasteiger partial charge on any atom is -0.457 e. The first kappa shape index (κ1) is 13.5. The predicted molar refractivity (Wildman–Crippen MR) is 70.2 cm³/mol. The van der Waals surface area contributed by atoms with Crippen LogP contribution in [0.1, 0.15) is 24.1 Å². The van der Waals surface area contributed by atoms with E-state index in [1.807, 2.05) is 0 Å². The summed E-state index contributed by atoms with van der Waals surface area (Å²) >= 11 is 0. The summed E-state index contributed by atoms with van der Waals surface area (Å²) < 4.78 is 32.5. The number of hydrogen-bond acceptors (Lipinski definition) is 2.